The molecule has 1 aliphatic rings. The Morgan fingerprint density at radius 3 is 2.43 bits per heavy atom. The van der Waals surface area contributed by atoms with E-state index in [0.717, 1.165) is 16.9 Å². The van der Waals surface area contributed by atoms with Crippen LogP contribution in [0.3, 0.4) is 0 Å². The molecule has 1 atom stereocenters. The van der Waals surface area contributed by atoms with E-state index in [4.69, 9.17) is 17.0 Å². The van der Waals surface area contributed by atoms with Crippen LogP contribution >= 0.6 is 24.0 Å². The van der Waals surface area contributed by atoms with Crippen molar-refractivity contribution in [1.29, 1.82) is 0 Å². The fourth-order valence-corrected chi connectivity index (χ4v) is 3.26. The molecule has 0 aliphatic carbocycles. The minimum absolute atomic E-state index is 0.0195. The lowest BCUT2D eigenvalue weighted by Crippen LogP contribution is -2.17. The van der Waals surface area contributed by atoms with Crippen LogP contribution in [0.1, 0.15) is 24.2 Å². The lowest BCUT2D eigenvalue weighted by Gasteiger charge is -2.15. The van der Waals surface area contributed by atoms with E-state index in [1.54, 1.807) is 0 Å². The summed E-state index contributed by atoms with van der Waals surface area (Å²) in [5.74, 6) is 0.653. The van der Waals surface area contributed by atoms with Crippen LogP contribution in [-0.4, -0.2) is 10.2 Å². The number of hydrogen-bond acceptors (Lipinski definition) is 4. The topological polar surface area (TPSA) is 38.3 Å². The van der Waals surface area contributed by atoms with Gasteiger partial charge in [0.25, 0.3) is 5.91 Å². The first-order valence-electron chi connectivity index (χ1n) is 7.18. The summed E-state index contributed by atoms with van der Waals surface area (Å²) in [7, 11) is 0. The standard InChI is InChI=1S/C18H15NO2S2/c1-12(14-5-3-2-4-6-14)21-15-9-7-13(8-10-15)11-16-17(20)19-18(22)23-16/h2-12H,1H3,(H,19,20,22). The Morgan fingerprint density at radius 1 is 1.13 bits per heavy atom. The minimum atomic E-state index is -0.141. The van der Waals surface area contributed by atoms with Gasteiger partial charge >= 0.3 is 0 Å². The largest absolute Gasteiger partial charge is 0.486 e. The molecule has 23 heavy (non-hydrogen) atoms. The molecule has 0 aromatic heterocycles. The van der Waals surface area contributed by atoms with Gasteiger partial charge in [-0.2, -0.15) is 0 Å². The molecular weight excluding hydrogens is 326 g/mol. The maximum Gasteiger partial charge on any atom is 0.263 e. The average Bonchev–Trinajstić information content (AvgIpc) is 2.87. The van der Waals surface area contributed by atoms with Crippen molar-refractivity contribution >= 4 is 40.3 Å². The van der Waals surface area contributed by atoms with Crippen LogP contribution in [0.15, 0.2) is 59.5 Å². The number of carbonyl (C=O) groups excluding carboxylic acids is 1. The summed E-state index contributed by atoms with van der Waals surface area (Å²) in [5, 5.41) is 2.61. The highest BCUT2D eigenvalue weighted by Gasteiger charge is 2.21. The molecule has 3 rings (SSSR count). The van der Waals surface area contributed by atoms with Crippen LogP contribution in [0.4, 0.5) is 0 Å². The third-order valence-corrected chi connectivity index (χ3v) is 4.56. The predicted molar refractivity (Wildman–Crippen MR) is 98.2 cm³/mol. The van der Waals surface area contributed by atoms with Crippen LogP contribution in [0.25, 0.3) is 6.08 Å². The number of nitrogens with one attached hydrogen (secondary N) is 1. The number of ether oxygens (including phenoxy) is 1. The van der Waals surface area contributed by atoms with Crippen LogP contribution in [0.2, 0.25) is 0 Å². The molecule has 0 saturated carbocycles. The van der Waals surface area contributed by atoms with E-state index in [9.17, 15) is 4.79 Å². The lowest BCUT2D eigenvalue weighted by atomic mass is 10.1. The van der Waals surface area contributed by atoms with Crippen LogP contribution in [-0.2, 0) is 4.79 Å². The molecule has 1 heterocycles. The molecule has 0 spiro atoms. The summed E-state index contributed by atoms with van der Waals surface area (Å²) >= 11 is 6.26. The van der Waals surface area contributed by atoms with E-state index in [0.29, 0.717) is 9.23 Å². The number of rotatable bonds is 4. The van der Waals surface area contributed by atoms with Gasteiger partial charge in [0.15, 0.2) is 0 Å². The van der Waals surface area contributed by atoms with Crippen LogP contribution < -0.4 is 10.1 Å². The number of amides is 1. The predicted octanol–water partition coefficient (Wildman–Crippen LogP) is 4.32. The summed E-state index contributed by atoms with van der Waals surface area (Å²) in [6, 6.07) is 17.7. The van der Waals surface area contributed by atoms with Crippen molar-refractivity contribution in [3.8, 4) is 5.75 Å². The molecule has 3 nitrogen and oxygen atoms in total. The minimum Gasteiger partial charge on any atom is -0.486 e. The van der Waals surface area contributed by atoms with Crippen molar-refractivity contribution in [3.63, 3.8) is 0 Å². The van der Waals surface area contributed by atoms with Crippen LogP contribution in [0, 0.1) is 0 Å². The fraction of sp³-hybridized carbons (Fsp3) is 0.111. The van der Waals surface area contributed by atoms with Gasteiger partial charge in [-0.15, -0.1) is 0 Å². The van der Waals surface area contributed by atoms with Crippen molar-refractivity contribution in [2.75, 3.05) is 0 Å². The van der Waals surface area contributed by atoms with E-state index < -0.39 is 0 Å². The maximum atomic E-state index is 11.6. The molecule has 0 bridgehead atoms. The molecular formula is C18H15NO2S2. The second kappa shape index (κ2) is 6.98. The second-order valence-corrected chi connectivity index (χ2v) is 6.81. The highest BCUT2D eigenvalue weighted by atomic mass is 32.2. The SMILES string of the molecule is CC(Oc1ccc(C=C2SC(=S)NC2=O)cc1)c1ccccc1. The molecule has 5 heteroatoms. The van der Waals surface area contributed by atoms with Gasteiger partial charge in [-0.1, -0.05) is 66.4 Å². The first kappa shape index (κ1) is 15.8. The Hall–Kier alpha value is -2.11. The van der Waals surface area contributed by atoms with Gasteiger partial charge in [-0.05, 0) is 36.3 Å². The molecule has 1 saturated heterocycles. The van der Waals surface area contributed by atoms with Crippen molar-refractivity contribution in [1.82, 2.24) is 5.32 Å². The molecule has 116 valence electrons. The second-order valence-electron chi connectivity index (χ2n) is 5.09. The van der Waals surface area contributed by atoms with E-state index in [1.165, 1.54) is 11.8 Å². The van der Waals surface area contributed by atoms with Gasteiger partial charge in [0.2, 0.25) is 0 Å². The van der Waals surface area contributed by atoms with Crippen molar-refractivity contribution in [2.45, 2.75) is 13.0 Å². The highest BCUT2D eigenvalue weighted by Crippen LogP contribution is 2.27. The number of benzene rings is 2. The number of hydrogen-bond donors (Lipinski definition) is 1. The van der Waals surface area contributed by atoms with Gasteiger partial charge in [0.1, 0.15) is 16.2 Å². The number of carbonyl (C=O) groups is 1. The Kier molecular flexibility index (Phi) is 4.79. The number of thioether (sulfide) groups is 1. The van der Waals surface area contributed by atoms with Crippen LogP contribution in [0.5, 0.6) is 5.75 Å². The van der Waals surface area contributed by atoms with Crippen molar-refractivity contribution in [3.05, 3.63) is 70.6 Å². The lowest BCUT2D eigenvalue weighted by molar-refractivity contribution is -0.115. The van der Waals surface area contributed by atoms with Gasteiger partial charge in [0.05, 0.1) is 4.91 Å². The molecule has 2 aromatic rings. The summed E-state index contributed by atoms with van der Waals surface area (Å²) < 4.78 is 6.44. The molecule has 0 radical (unpaired) electrons. The first-order chi connectivity index (χ1) is 11.1. The quantitative estimate of drug-likeness (QED) is 0.664. The molecule has 1 fully saturated rings. The van der Waals surface area contributed by atoms with E-state index in [-0.39, 0.29) is 12.0 Å². The maximum absolute atomic E-state index is 11.6. The fourth-order valence-electron chi connectivity index (χ4n) is 2.21. The Labute approximate surface area is 144 Å². The molecule has 1 aliphatic heterocycles. The molecule has 1 amide bonds. The first-order valence-corrected chi connectivity index (χ1v) is 8.41. The Morgan fingerprint density at radius 2 is 1.83 bits per heavy atom. The zero-order chi connectivity index (χ0) is 16.2. The van der Waals surface area contributed by atoms with Gasteiger partial charge in [-0.25, -0.2) is 0 Å². The summed E-state index contributed by atoms with van der Waals surface area (Å²) in [4.78, 5) is 12.3. The van der Waals surface area contributed by atoms with E-state index in [1.807, 2.05) is 67.6 Å². The van der Waals surface area contributed by atoms with E-state index >= 15 is 0 Å². The van der Waals surface area contributed by atoms with Gasteiger partial charge < -0.3 is 10.1 Å². The van der Waals surface area contributed by atoms with Gasteiger partial charge in [0, 0.05) is 0 Å². The monoisotopic (exact) mass is 341 g/mol. The summed E-state index contributed by atoms with van der Waals surface area (Å²) in [6.45, 7) is 2.02. The Bertz CT molecular complexity index is 754. The number of thiocarbonyl (C=S) groups is 1. The molecule has 1 unspecified atom stereocenters. The Balaban J connectivity index is 1.69. The smallest absolute Gasteiger partial charge is 0.263 e. The zero-order valence-electron chi connectivity index (χ0n) is 12.5. The van der Waals surface area contributed by atoms with Gasteiger partial charge in [-0.3, -0.25) is 4.79 Å². The third kappa shape index (κ3) is 4.00. The normalized spacial score (nSPS) is 17.2. The van der Waals surface area contributed by atoms with Crippen molar-refractivity contribution < 1.29 is 9.53 Å². The zero-order valence-corrected chi connectivity index (χ0v) is 14.1. The highest BCUT2D eigenvalue weighted by molar-refractivity contribution is 8.26. The summed E-state index contributed by atoms with van der Waals surface area (Å²) in [6.07, 6.45) is 1.80. The molecule has 1 N–H and O–H groups in total. The summed E-state index contributed by atoms with van der Waals surface area (Å²) in [5.41, 5.74) is 2.07. The van der Waals surface area contributed by atoms with E-state index in [2.05, 4.69) is 5.32 Å². The average molecular weight is 341 g/mol. The van der Waals surface area contributed by atoms with Crippen molar-refractivity contribution in [2.24, 2.45) is 0 Å². The third-order valence-electron chi connectivity index (χ3n) is 3.40. The molecule has 2 aromatic carbocycles.